The normalized spacial score (nSPS) is 12.6. The molecule has 0 aliphatic heterocycles. The Kier molecular flexibility index (Phi) is 3.17. The first-order valence-electron chi connectivity index (χ1n) is 4.05. The van der Waals surface area contributed by atoms with E-state index in [2.05, 4.69) is 5.16 Å². The largest absolute Gasteiger partial charge is 0.437 e. The Bertz CT molecular complexity index is 441. The van der Waals surface area contributed by atoms with E-state index in [1.165, 1.54) is 12.1 Å². The topological polar surface area (TPSA) is 75.7 Å². The Balaban J connectivity index is 3.23. The molecule has 0 bridgehead atoms. The Labute approximate surface area is 88.2 Å². The molecule has 0 saturated heterocycles. The summed E-state index contributed by atoms with van der Waals surface area (Å²) in [5.41, 5.74) is 2.92. The maximum Gasteiger partial charge on any atom is 0.437 e. The Morgan fingerprint density at radius 2 is 1.88 bits per heavy atom. The molecular formula is C9H7F3N2O2. The first-order chi connectivity index (χ1) is 7.36. The third kappa shape index (κ3) is 2.50. The van der Waals surface area contributed by atoms with Crippen molar-refractivity contribution < 1.29 is 23.2 Å². The molecule has 0 atom stereocenters. The Morgan fingerprint density at radius 3 is 2.31 bits per heavy atom. The van der Waals surface area contributed by atoms with Gasteiger partial charge in [0.25, 0.3) is 0 Å². The smallest absolute Gasteiger partial charge is 0.410 e. The molecule has 4 nitrogen and oxygen atoms in total. The second-order valence-electron chi connectivity index (χ2n) is 2.89. The van der Waals surface area contributed by atoms with Gasteiger partial charge in [-0.1, -0.05) is 17.3 Å². The van der Waals surface area contributed by atoms with Crippen molar-refractivity contribution in [2.45, 2.75) is 6.18 Å². The van der Waals surface area contributed by atoms with Crippen molar-refractivity contribution in [1.29, 1.82) is 0 Å². The molecule has 0 spiro atoms. The van der Waals surface area contributed by atoms with Crippen LogP contribution in [0.4, 0.5) is 13.2 Å². The zero-order valence-electron chi connectivity index (χ0n) is 7.82. The molecule has 1 rings (SSSR count). The molecule has 1 amide bonds. The van der Waals surface area contributed by atoms with E-state index in [9.17, 15) is 18.0 Å². The number of nitrogens with zero attached hydrogens (tertiary/aromatic N) is 1. The lowest BCUT2D eigenvalue weighted by molar-refractivity contribution is -0.0601. The molecule has 3 N–H and O–H groups in total. The van der Waals surface area contributed by atoms with Crippen molar-refractivity contribution in [3.8, 4) is 0 Å². The molecule has 16 heavy (non-hydrogen) atoms. The van der Waals surface area contributed by atoms with Gasteiger partial charge in [0, 0.05) is 11.1 Å². The molecule has 0 aromatic heterocycles. The van der Waals surface area contributed by atoms with Gasteiger partial charge < -0.3 is 10.9 Å². The fourth-order valence-electron chi connectivity index (χ4n) is 1.10. The van der Waals surface area contributed by atoms with Crippen LogP contribution in [0.15, 0.2) is 29.4 Å². The number of oxime groups is 1. The van der Waals surface area contributed by atoms with E-state index in [1.54, 1.807) is 0 Å². The molecular weight excluding hydrogens is 225 g/mol. The number of carbonyl (C=O) groups is 1. The summed E-state index contributed by atoms with van der Waals surface area (Å²) >= 11 is 0. The SMILES string of the molecule is NC(=O)c1cccc(/C(=N/O)C(F)(F)F)c1. The van der Waals surface area contributed by atoms with E-state index < -0.39 is 23.4 Å². The number of carbonyl (C=O) groups excluding carboxylic acids is 1. The zero-order valence-corrected chi connectivity index (χ0v) is 7.82. The number of hydrogen-bond donors (Lipinski definition) is 2. The number of alkyl halides is 3. The average molecular weight is 232 g/mol. The van der Waals surface area contributed by atoms with Crippen LogP contribution in [0.2, 0.25) is 0 Å². The van der Waals surface area contributed by atoms with Gasteiger partial charge in [-0.25, -0.2) is 0 Å². The van der Waals surface area contributed by atoms with Gasteiger partial charge in [-0.15, -0.1) is 0 Å². The third-order valence-corrected chi connectivity index (χ3v) is 1.79. The molecule has 0 saturated carbocycles. The summed E-state index contributed by atoms with van der Waals surface area (Å²) in [6.45, 7) is 0. The highest BCUT2D eigenvalue weighted by atomic mass is 19.4. The highest BCUT2D eigenvalue weighted by molar-refractivity contribution is 6.06. The second kappa shape index (κ2) is 4.21. The molecule has 0 fully saturated rings. The van der Waals surface area contributed by atoms with E-state index >= 15 is 0 Å². The van der Waals surface area contributed by atoms with Crippen LogP contribution in [0, 0.1) is 0 Å². The number of nitrogens with two attached hydrogens (primary N) is 1. The first-order valence-corrected chi connectivity index (χ1v) is 4.05. The lowest BCUT2D eigenvalue weighted by atomic mass is 10.1. The number of halogens is 3. The van der Waals surface area contributed by atoms with Gasteiger partial charge in [0.05, 0.1) is 0 Å². The highest BCUT2D eigenvalue weighted by Crippen LogP contribution is 2.22. The molecule has 0 aliphatic carbocycles. The van der Waals surface area contributed by atoms with E-state index in [-0.39, 0.29) is 5.56 Å². The van der Waals surface area contributed by atoms with Crippen molar-refractivity contribution in [2.75, 3.05) is 0 Å². The maximum absolute atomic E-state index is 12.3. The zero-order chi connectivity index (χ0) is 12.3. The Morgan fingerprint density at radius 1 is 1.31 bits per heavy atom. The monoisotopic (exact) mass is 232 g/mol. The van der Waals surface area contributed by atoms with Gasteiger partial charge in [0.1, 0.15) is 0 Å². The van der Waals surface area contributed by atoms with Crippen molar-refractivity contribution in [3.63, 3.8) is 0 Å². The van der Waals surface area contributed by atoms with Gasteiger partial charge in [-0.05, 0) is 12.1 Å². The molecule has 0 radical (unpaired) electrons. The van der Waals surface area contributed by atoms with Crippen LogP contribution in [0.3, 0.4) is 0 Å². The summed E-state index contributed by atoms with van der Waals surface area (Å²) < 4.78 is 37.0. The minimum absolute atomic E-state index is 0.0945. The highest BCUT2D eigenvalue weighted by Gasteiger charge is 2.37. The molecule has 1 aromatic carbocycles. The standard InChI is InChI=1S/C9H7F3N2O2/c10-9(11,12)7(14-16)5-2-1-3-6(4-5)8(13)15/h1-4,16H,(H2,13,15)/b14-7-. The van der Waals surface area contributed by atoms with Crippen LogP contribution in [0.1, 0.15) is 15.9 Å². The van der Waals surface area contributed by atoms with Crippen molar-refractivity contribution >= 4 is 11.6 Å². The van der Waals surface area contributed by atoms with Crippen LogP contribution >= 0.6 is 0 Å². The third-order valence-electron chi connectivity index (χ3n) is 1.79. The van der Waals surface area contributed by atoms with Gasteiger partial charge in [0.15, 0.2) is 5.71 Å². The number of primary amides is 1. The lowest BCUT2D eigenvalue weighted by Gasteiger charge is -2.08. The summed E-state index contributed by atoms with van der Waals surface area (Å²) in [7, 11) is 0. The molecule has 0 unspecified atom stereocenters. The van der Waals surface area contributed by atoms with E-state index in [0.29, 0.717) is 0 Å². The number of amides is 1. The summed E-state index contributed by atoms with van der Waals surface area (Å²) in [6.07, 6.45) is -4.80. The summed E-state index contributed by atoms with van der Waals surface area (Å²) in [4.78, 5) is 10.8. The van der Waals surface area contributed by atoms with Crippen molar-refractivity contribution in [2.24, 2.45) is 10.9 Å². The van der Waals surface area contributed by atoms with Crippen LogP contribution in [-0.4, -0.2) is 23.0 Å². The molecule has 7 heteroatoms. The van der Waals surface area contributed by atoms with Gasteiger partial charge in [0.2, 0.25) is 5.91 Å². The van der Waals surface area contributed by atoms with Crippen LogP contribution < -0.4 is 5.73 Å². The minimum Gasteiger partial charge on any atom is -0.410 e. The Hall–Kier alpha value is -2.05. The predicted octanol–water partition coefficient (Wildman–Crippen LogP) is 1.53. The molecule has 1 aromatic rings. The van der Waals surface area contributed by atoms with Gasteiger partial charge >= 0.3 is 6.18 Å². The molecule has 0 heterocycles. The maximum atomic E-state index is 12.3. The number of hydrogen-bond acceptors (Lipinski definition) is 3. The summed E-state index contributed by atoms with van der Waals surface area (Å²) in [5, 5.41) is 10.5. The van der Waals surface area contributed by atoms with Gasteiger partial charge in [-0.2, -0.15) is 13.2 Å². The van der Waals surface area contributed by atoms with Crippen molar-refractivity contribution in [1.82, 2.24) is 0 Å². The summed E-state index contributed by atoms with van der Waals surface area (Å²) in [6, 6.07) is 4.45. The first kappa shape index (κ1) is 12.0. The predicted molar refractivity (Wildman–Crippen MR) is 49.3 cm³/mol. The van der Waals surface area contributed by atoms with Crippen LogP contribution in [-0.2, 0) is 0 Å². The molecule has 86 valence electrons. The van der Waals surface area contributed by atoms with E-state index in [4.69, 9.17) is 10.9 Å². The number of benzene rings is 1. The summed E-state index contributed by atoms with van der Waals surface area (Å²) in [5.74, 6) is -0.860. The van der Waals surface area contributed by atoms with Crippen molar-refractivity contribution in [3.05, 3.63) is 35.4 Å². The van der Waals surface area contributed by atoms with Crippen LogP contribution in [0.5, 0.6) is 0 Å². The van der Waals surface area contributed by atoms with E-state index in [0.717, 1.165) is 12.1 Å². The van der Waals surface area contributed by atoms with Crippen LogP contribution in [0.25, 0.3) is 0 Å². The minimum atomic E-state index is -4.80. The fourth-order valence-corrected chi connectivity index (χ4v) is 1.10. The molecule has 0 aliphatic rings. The lowest BCUT2D eigenvalue weighted by Crippen LogP contribution is -2.24. The second-order valence-corrected chi connectivity index (χ2v) is 2.89. The fraction of sp³-hybridized carbons (Fsp3) is 0.111. The average Bonchev–Trinajstić information content (AvgIpc) is 2.17. The number of rotatable bonds is 2. The van der Waals surface area contributed by atoms with E-state index in [1.807, 2.05) is 0 Å². The quantitative estimate of drug-likeness (QED) is 0.461. The van der Waals surface area contributed by atoms with Gasteiger partial charge in [-0.3, -0.25) is 4.79 Å².